The van der Waals surface area contributed by atoms with Crippen LogP contribution in [0.1, 0.15) is 40.0 Å². The van der Waals surface area contributed by atoms with Gasteiger partial charge in [0.05, 0.1) is 12.7 Å². The molecule has 4 nitrogen and oxygen atoms in total. The summed E-state index contributed by atoms with van der Waals surface area (Å²) in [5, 5.41) is 12.8. The minimum Gasteiger partial charge on any atom is -0.383 e. The van der Waals surface area contributed by atoms with Crippen molar-refractivity contribution in [1.82, 2.24) is 10.2 Å². The van der Waals surface area contributed by atoms with Crippen molar-refractivity contribution >= 4 is 0 Å². The van der Waals surface area contributed by atoms with E-state index in [2.05, 4.69) is 37.1 Å². The van der Waals surface area contributed by atoms with E-state index in [-0.39, 0.29) is 5.54 Å². The first kappa shape index (κ1) is 15.4. The Balaban J connectivity index is 2.64. The van der Waals surface area contributed by atoms with Crippen molar-refractivity contribution in [2.45, 2.75) is 57.7 Å². The van der Waals surface area contributed by atoms with E-state index in [4.69, 9.17) is 4.74 Å². The molecule has 0 amide bonds. The van der Waals surface area contributed by atoms with E-state index in [0.29, 0.717) is 12.1 Å². The van der Waals surface area contributed by atoms with Gasteiger partial charge < -0.3 is 4.74 Å². The maximum Gasteiger partial charge on any atom is 0.108 e. The van der Waals surface area contributed by atoms with Gasteiger partial charge in [0.1, 0.15) is 5.54 Å². The molecule has 0 aromatic rings. The highest BCUT2D eigenvalue weighted by Crippen LogP contribution is 2.33. The topological polar surface area (TPSA) is 48.3 Å². The van der Waals surface area contributed by atoms with Gasteiger partial charge in [0.25, 0.3) is 0 Å². The fraction of sp³-hybridized carbons (Fsp3) is 0.929. The van der Waals surface area contributed by atoms with Crippen LogP contribution in [0, 0.1) is 11.3 Å². The molecule has 0 aromatic carbocycles. The zero-order valence-corrected chi connectivity index (χ0v) is 12.2. The molecule has 0 heterocycles. The quantitative estimate of drug-likeness (QED) is 0.751. The Morgan fingerprint density at radius 1 is 1.56 bits per heavy atom. The number of nitrogens with zero attached hydrogens (tertiary/aromatic N) is 2. The molecule has 1 aliphatic rings. The summed E-state index contributed by atoms with van der Waals surface area (Å²) in [5.41, 5.74) is -0.306. The summed E-state index contributed by atoms with van der Waals surface area (Å²) < 4.78 is 5.19. The van der Waals surface area contributed by atoms with Crippen LogP contribution in [0.15, 0.2) is 0 Å². The van der Waals surface area contributed by atoms with Gasteiger partial charge >= 0.3 is 0 Å². The van der Waals surface area contributed by atoms with Crippen LogP contribution in [-0.2, 0) is 4.74 Å². The summed E-state index contributed by atoms with van der Waals surface area (Å²) in [4.78, 5) is 2.47. The SMILES string of the molecule is CCNC1(C#N)CCC(N(CCOC)C(C)C)C1. The summed E-state index contributed by atoms with van der Waals surface area (Å²) in [6, 6.07) is 3.49. The normalized spacial score (nSPS) is 27.9. The minimum absolute atomic E-state index is 0.306. The van der Waals surface area contributed by atoms with Crippen LogP contribution in [-0.4, -0.2) is 49.3 Å². The van der Waals surface area contributed by atoms with Crippen LogP contribution in [0.4, 0.5) is 0 Å². The number of nitrogens with one attached hydrogen (secondary N) is 1. The first-order valence-corrected chi connectivity index (χ1v) is 6.99. The lowest BCUT2D eigenvalue weighted by Gasteiger charge is -2.33. The molecule has 0 aliphatic heterocycles. The zero-order valence-electron chi connectivity index (χ0n) is 12.2. The molecule has 0 radical (unpaired) electrons. The van der Waals surface area contributed by atoms with E-state index >= 15 is 0 Å². The maximum atomic E-state index is 9.41. The molecular weight excluding hydrogens is 226 g/mol. The molecule has 0 spiro atoms. The van der Waals surface area contributed by atoms with E-state index in [9.17, 15) is 5.26 Å². The molecule has 1 aliphatic carbocycles. The number of hydrogen-bond donors (Lipinski definition) is 1. The van der Waals surface area contributed by atoms with Gasteiger partial charge in [0.15, 0.2) is 0 Å². The van der Waals surface area contributed by atoms with Gasteiger partial charge in [-0.05, 0) is 39.7 Å². The lowest BCUT2D eigenvalue weighted by Crippen LogP contribution is -2.46. The van der Waals surface area contributed by atoms with Crippen LogP contribution < -0.4 is 5.32 Å². The molecule has 1 saturated carbocycles. The fourth-order valence-corrected chi connectivity index (χ4v) is 3.00. The second kappa shape index (κ2) is 7.08. The van der Waals surface area contributed by atoms with Crippen LogP contribution in [0.25, 0.3) is 0 Å². The highest BCUT2D eigenvalue weighted by atomic mass is 16.5. The van der Waals surface area contributed by atoms with Gasteiger partial charge in [-0.3, -0.25) is 10.2 Å². The Morgan fingerprint density at radius 2 is 2.28 bits per heavy atom. The van der Waals surface area contributed by atoms with Gasteiger partial charge in [0.2, 0.25) is 0 Å². The maximum absolute atomic E-state index is 9.41. The number of rotatable bonds is 7. The predicted molar refractivity (Wildman–Crippen MR) is 73.4 cm³/mol. The van der Waals surface area contributed by atoms with Crippen molar-refractivity contribution in [2.75, 3.05) is 26.8 Å². The van der Waals surface area contributed by atoms with Gasteiger partial charge in [0, 0.05) is 25.7 Å². The molecule has 4 heteroatoms. The predicted octanol–water partition coefficient (Wildman–Crippen LogP) is 1.77. The van der Waals surface area contributed by atoms with Gasteiger partial charge in [-0.25, -0.2) is 0 Å². The van der Waals surface area contributed by atoms with Crippen molar-refractivity contribution < 1.29 is 4.74 Å². The first-order chi connectivity index (χ1) is 8.58. The molecule has 0 bridgehead atoms. The Morgan fingerprint density at radius 3 is 2.78 bits per heavy atom. The third-order valence-electron chi connectivity index (χ3n) is 3.90. The summed E-state index contributed by atoms with van der Waals surface area (Å²) in [5.74, 6) is 0. The lowest BCUT2D eigenvalue weighted by molar-refractivity contribution is 0.0952. The van der Waals surface area contributed by atoms with E-state index in [1.54, 1.807) is 7.11 Å². The number of hydrogen-bond acceptors (Lipinski definition) is 4. The average Bonchev–Trinajstić information content (AvgIpc) is 2.75. The first-order valence-electron chi connectivity index (χ1n) is 6.99. The molecule has 104 valence electrons. The average molecular weight is 253 g/mol. The smallest absolute Gasteiger partial charge is 0.108 e. The molecule has 2 atom stereocenters. The number of methoxy groups -OCH3 is 1. The molecule has 1 fully saturated rings. The molecule has 1 N–H and O–H groups in total. The monoisotopic (exact) mass is 253 g/mol. The summed E-state index contributed by atoms with van der Waals surface area (Å²) in [6.07, 6.45) is 2.99. The Bertz CT molecular complexity index is 287. The third kappa shape index (κ3) is 3.68. The van der Waals surface area contributed by atoms with E-state index in [0.717, 1.165) is 39.0 Å². The second-order valence-electron chi connectivity index (χ2n) is 5.45. The van der Waals surface area contributed by atoms with Crippen LogP contribution in [0.5, 0.6) is 0 Å². The van der Waals surface area contributed by atoms with E-state index < -0.39 is 0 Å². The number of nitriles is 1. The number of ether oxygens (including phenoxy) is 1. The third-order valence-corrected chi connectivity index (χ3v) is 3.90. The Labute approximate surface area is 111 Å². The van der Waals surface area contributed by atoms with Crippen LogP contribution >= 0.6 is 0 Å². The van der Waals surface area contributed by atoms with Crippen molar-refractivity contribution in [3.63, 3.8) is 0 Å². The second-order valence-corrected chi connectivity index (χ2v) is 5.45. The van der Waals surface area contributed by atoms with Gasteiger partial charge in [-0.2, -0.15) is 5.26 Å². The summed E-state index contributed by atoms with van der Waals surface area (Å²) >= 11 is 0. The molecule has 2 unspecified atom stereocenters. The zero-order chi connectivity index (χ0) is 13.6. The minimum atomic E-state index is -0.306. The van der Waals surface area contributed by atoms with E-state index in [1.807, 2.05) is 0 Å². The highest BCUT2D eigenvalue weighted by molar-refractivity contribution is 5.13. The molecule has 1 rings (SSSR count). The molecule has 18 heavy (non-hydrogen) atoms. The van der Waals surface area contributed by atoms with Crippen LogP contribution in [0.2, 0.25) is 0 Å². The highest BCUT2D eigenvalue weighted by Gasteiger charge is 2.41. The molecule has 0 aromatic heterocycles. The largest absolute Gasteiger partial charge is 0.383 e. The summed E-state index contributed by atoms with van der Waals surface area (Å²) in [6.45, 7) is 9.07. The fourth-order valence-electron chi connectivity index (χ4n) is 3.00. The Hall–Kier alpha value is -0.630. The van der Waals surface area contributed by atoms with Crippen LogP contribution in [0.3, 0.4) is 0 Å². The summed E-state index contributed by atoms with van der Waals surface area (Å²) in [7, 11) is 1.74. The van der Waals surface area contributed by atoms with Gasteiger partial charge in [-0.15, -0.1) is 0 Å². The standard InChI is InChI=1S/C14H27N3O/c1-5-16-14(11-15)7-6-13(10-14)17(12(2)3)8-9-18-4/h12-13,16H,5-10H2,1-4H3. The van der Waals surface area contributed by atoms with Gasteiger partial charge in [-0.1, -0.05) is 6.92 Å². The molecule has 0 saturated heterocycles. The van der Waals surface area contributed by atoms with Crippen molar-refractivity contribution in [1.29, 1.82) is 5.26 Å². The van der Waals surface area contributed by atoms with E-state index in [1.165, 1.54) is 0 Å². The Kier molecular flexibility index (Phi) is 6.07. The van der Waals surface area contributed by atoms with Crippen molar-refractivity contribution in [3.05, 3.63) is 0 Å². The molecular formula is C14H27N3O. The van der Waals surface area contributed by atoms with Crippen molar-refractivity contribution in [2.24, 2.45) is 0 Å². The lowest BCUT2D eigenvalue weighted by atomic mass is 9.99. The van der Waals surface area contributed by atoms with Crippen molar-refractivity contribution in [3.8, 4) is 6.07 Å².